The smallest absolute Gasteiger partial charge is 0.319 e. The van der Waals surface area contributed by atoms with Crippen molar-refractivity contribution in [1.82, 2.24) is 30.2 Å². The number of piperazine rings is 1. The first-order chi connectivity index (χ1) is 22.7. The van der Waals surface area contributed by atoms with E-state index in [4.69, 9.17) is 4.74 Å². The molecule has 6 rings (SSSR count). The van der Waals surface area contributed by atoms with Crippen LogP contribution in [0, 0.1) is 23.0 Å². The van der Waals surface area contributed by atoms with E-state index in [2.05, 4.69) is 26.4 Å². The van der Waals surface area contributed by atoms with Crippen molar-refractivity contribution in [2.75, 3.05) is 44.7 Å². The number of fused-ring (bicyclic) bond motifs is 1. The van der Waals surface area contributed by atoms with Gasteiger partial charge < -0.3 is 30.0 Å². The normalized spacial score (nSPS) is 20.1. The van der Waals surface area contributed by atoms with Crippen LogP contribution in [0.5, 0.6) is 11.8 Å². The monoisotopic (exact) mass is 646 g/mol. The van der Waals surface area contributed by atoms with Crippen LogP contribution in [0.15, 0.2) is 66.9 Å². The molecule has 0 radical (unpaired) electrons. The highest BCUT2D eigenvalue weighted by Gasteiger charge is 2.34. The van der Waals surface area contributed by atoms with E-state index in [1.165, 1.54) is 34.2 Å². The lowest BCUT2D eigenvalue weighted by molar-refractivity contribution is -0.131. The van der Waals surface area contributed by atoms with E-state index >= 15 is 8.78 Å². The lowest BCUT2D eigenvalue weighted by atomic mass is 10.0. The van der Waals surface area contributed by atoms with Crippen LogP contribution in [-0.4, -0.2) is 87.7 Å². The molecule has 47 heavy (non-hydrogen) atoms. The van der Waals surface area contributed by atoms with E-state index < -0.39 is 35.2 Å². The van der Waals surface area contributed by atoms with Crippen molar-refractivity contribution in [3.05, 3.63) is 78.5 Å². The van der Waals surface area contributed by atoms with Crippen molar-refractivity contribution in [1.29, 1.82) is 5.26 Å². The van der Waals surface area contributed by atoms with Gasteiger partial charge in [0.2, 0.25) is 5.83 Å². The number of likely N-dealkylation sites (tertiary alicyclic amines) is 1. The number of phenolic OH excluding ortho intramolecular Hbond substituents is 1. The second kappa shape index (κ2) is 13.6. The number of hydrazine groups is 1. The van der Waals surface area contributed by atoms with Gasteiger partial charge in [-0.2, -0.15) is 19.6 Å². The summed E-state index contributed by atoms with van der Waals surface area (Å²) < 4.78 is 52.2. The summed E-state index contributed by atoms with van der Waals surface area (Å²) in [7, 11) is 1.99. The van der Waals surface area contributed by atoms with Crippen molar-refractivity contribution < 1.29 is 27.8 Å². The topological polar surface area (TPSA) is 121 Å². The predicted octanol–water partition coefficient (Wildman–Crippen LogP) is 4.34. The molecular weight excluding hydrogens is 613 g/mol. The summed E-state index contributed by atoms with van der Waals surface area (Å²) in [4.78, 5) is 27.5. The first-order valence-corrected chi connectivity index (χ1v) is 15.2. The number of hydrogen-bond donors (Lipinski definition) is 2. The number of rotatable bonds is 8. The van der Waals surface area contributed by atoms with Gasteiger partial charge in [-0.15, -0.1) is 0 Å². The first-order valence-electron chi connectivity index (χ1n) is 15.2. The van der Waals surface area contributed by atoms with E-state index in [0.717, 1.165) is 31.7 Å². The molecule has 4 heterocycles. The van der Waals surface area contributed by atoms with Gasteiger partial charge in [-0.05, 0) is 56.8 Å². The van der Waals surface area contributed by atoms with Crippen LogP contribution in [0.2, 0.25) is 0 Å². The molecule has 2 N–H and O–H groups in total. The van der Waals surface area contributed by atoms with Crippen LogP contribution < -0.4 is 15.1 Å². The Labute approximate surface area is 269 Å². The Bertz CT molecular complexity index is 1790. The summed E-state index contributed by atoms with van der Waals surface area (Å²) in [6.07, 6.45) is 9.36. The fraction of sp³-hybridized carbons (Fsp3) is 0.333. The standard InChI is InChI=1S/C33H33F3N8O3/c1-41-14-5-6-22(41)20-47-33-39-30-24(10-9-23(29(30)36)28-25(34)7-4-8-27(28)45)31(40-33)42-16-17-44(21(18-42)11-12-37)32(46)26(35)19-43-15-3-2-13-38-43/h2-4,7-10,13,15,19,21-22,38,45H,5-6,11,14,16-18,20H2,1H3/b26-19-/t21-,22-/m0/s1. The predicted molar refractivity (Wildman–Crippen MR) is 168 cm³/mol. The number of phenols is 1. The minimum absolute atomic E-state index is 0.0494. The number of likely N-dealkylation sites (N-methyl/N-ethyl adjacent to an activating group) is 1. The zero-order valence-electron chi connectivity index (χ0n) is 25.6. The zero-order valence-corrected chi connectivity index (χ0v) is 25.6. The van der Waals surface area contributed by atoms with Crippen molar-refractivity contribution in [3.8, 4) is 29.0 Å². The van der Waals surface area contributed by atoms with Crippen LogP contribution in [0.1, 0.15) is 19.3 Å². The number of ether oxygens (including phenoxy) is 1. The van der Waals surface area contributed by atoms with E-state index in [1.54, 1.807) is 29.5 Å². The Morgan fingerprint density at radius 1 is 1.17 bits per heavy atom. The molecule has 2 atom stereocenters. The molecule has 0 unspecified atom stereocenters. The number of nitrogens with zero attached hydrogens (tertiary/aromatic N) is 7. The van der Waals surface area contributed by atoms with Crippen molar-refractivity contribution in [3.63, 3.8) is 0 Å². The highest BCUT2D eigenvalue weighted by Crippen LogP contribution is 2.38. The molecule has 3 aliphatic heterocycles. The average molecular weight is 647 g/mol. The summed E-state index contributed by atoms with van der Waals surface area (Å²) in [5.41, 5.74) is 2.14. The number of aromatic hydroxyl groups is 1. The molecule has 0 spiro atoms. The minimum atomic E-state index is -1.01. The molecule has 1 aromatic heterocycles. The molecular formula is C33H33F3N8O3. The maximum atomic E-state index is 16.3. The third-order valence-corrected chi connectivity index (χ3v) is 8.61. The van der Waals surface area contributed by atoms with Crippen LogP contribution in [-0.2, 0) is 4.79 Å². The summed E-state index contributed by atoms with van der Waals surface area (Å²) in [5.74, 6) is -3.70. The lowest BCUT2D eigenvalue weighted by Crippen LogP contribution is -2.55. The molecule has 14 heteroatoms. The van der Waals surface area contributed by atoms with Crippen LogP contribution in [0.25, 0.3) is 22.0 Å². The number of carbonyl (C=O) groups is 1. The Kier molecular flexibility index (Phi) is 9.17. The van der Waals surface area contributed by atoms with E-state index in [-0.39, 0.29) is 72.6 Å². The third kappa shape index (κ3) is 6.52. The number of nitriles is 1. The highest BCUT2D eigenvalue weighted by molar-refractivity contribution is 5.95. The number of nitrogens with one attached hydrogen (secondary N) is 1. The molecule has 3 aliphatic rings. The van der Waals surface area contributed by atoms with Gasteiger partial charge in [-0.1, -0.05) is 12.1 Å². The SMILES string of the molecule is CN1CCC[C@H]1COc1nc(N2CCN(C(=O)/C(F)=C/N3C=CC=CN3)[C@@H](CC#N)C2)c2ccc(-c3c(O)cccc3F)c(F)c2n1. The molecule has 0 saturated carbocycles. The molecule has 2 aromatic carbocycles. The van der Waals surface area contributed by atoms with E-state index in [0.29, 0.717) is 0 Å². The van der Waals surface area contributed by atoms with E-state index in [9.17, 15) is 19.6 Å². The Balaban J connectivity index is 1.35. The summed E-state index contributed by atoms with van der Waals surface area (Å²) in [6, 6.07) is 7.99. The van der Waals surface area contributed by atoms with E-state index in [1.807, 2.05) is 7.05 Å². The fourth-order valence-corrected chi connectivity index (χ4v) is 6.12. The summed E-state index contributed by atoms with van der Waals surface area (Å²) in [5, 5.41) is 21.6. The van der Waals surface area contributed by atoms with Gasteiger partial charge in [-0.25, -0.2) is 8.78 Å². The number of anilines is 1. The largest absolute Gasteiger partial charge is 0.507 e. The number of allylic oxidation sites excluding steroid dienone is 2. The van der Waals surface area contributed by atoms with Crippen molar-refractivity contribution >= 4 is 22.6 Å². The molecule has 0 aliphatic carbocycles. The van der Waals surface area contributed by atoms with Gasteiger partial charge in [0, 0.05) is 49.0 Å². The molecule has 11 nitrogen and oxygen atoms in total. The number of aromatic nitrogens is 2. The fourth-order valence-electron chi connectivity index (χ4n) is 6.12. The number of benzene rings is 2. The van der Waals surface area contributed by atoms with Crippen molar-refractivity contribution in [2.45, 2.75) is 31.3 Å². The third-order valence-electron chi connectivity index (χ3n) is 8.61. The minimum Gasteiger partial charge on any atom is -0.507 e. The Morgan fingerprint density at radius 3 is 2.74 bits per heavy atom. The molecule has 1 amide bonds. The number of halogens is 3. The number of amides is 1. The number of carbonyl (C=O) groups excluding carboxylic acids is 1. The summed E-state index contributed by atoms with van der Waals surface area (Å²) in [6.45, 7) is 1.50. The summed E-state index contributed by atoms with van der Waals surface area (Å²) >= 11 is 0. The van der Waals surface area contributed by atoms with Gasteiger partial charge in [0.1, 0.15) is 29.5 Å². The maximum absolute atomic E-state index is 16.3. The quantitative estimate of drug-likeness (QED) is 0.342. The molecule has 3 aromatic rings. The highest BCUT2D eigenvalue weighted by atomic mass is 19.1. The zero-order chi connectivity index (χ0) is 33.1. The number of hydrogen-bond acceptors (Lipinski definition) is 10. The molecule has 244 valence electrons. The Morgan fingerprint density at radius 2 is 2.02 bits per heavy atom. The first kappa shape index (κ1) is 31.7. The Hall–Kier alpha value is -5.29. The van der Waals surface area contributed by atoms with Gasteiger partial charge in [0.15, 0.2) is 5.82 Å². The second-order valence-corrected chi connectivity index (χ2v) is 11.5. The molecule has 2 saturated heterocycles. The van der Waals surface area contributed by atoms with Crippen molar-refractivity contribution in [2.24, 2.45) is 0 Å². The molecule has 2 fully saturated rings. The molecule has 0 bridgehead atoms. The maximum Gasteiger partial charge on any atom is 0.319 e. The van der Waals surface area contributed by atoms with Gasteiger partial charge >= 0.3 is 6.01 Å². The van der Waals surface area contributed by atoms with Gasteiger partial charge in [-0.3, -0.25) is 9.80 Å². The lowest BCUT2D eigenvalue weighted by Gasteiger charge is -2.41. The van der Waals surface area contributed by atoms with Gasteiger partial charge in [0.25, 0.3) is 5.91 Å². The van der Waals surface area contributed by atoms with Crippen LogP contribution in [0.4, 0.5) is 19.0 Å². The average Bonchev–Trinajstić information content (AvgIpc) is 3.49. The van der Waals surface area contributed by atoms with Crippen LogP contribution >= 0.6 is 0 Å². The second-order valence-electron chi connectivity index (χ2n) is 11.5. The van der Waals surface area contributed by atoms with Gasteiger partial charge in [0.05, 0.1) is 30.3 Å². The van der Waals surface area contributed by atoms with Crippen LogP contribution in [0.3, 0.4) is 0 Å².